The molecular weight excluding hydrogens is 456 g/mol. The van der Waals surface area contributed by atoms with Gasteiger partial charge in [-0.3, -0.25) is 24.4 Å². The van der Waals surface area contributed by atoms with Crippen LogP contribution in [0.25, 0.3) is 28.1 Å². The van der Waals surface area contributed by atoms with Crippen LogP contribution in [-0.2, 0) is 23.2 Å². The molecule has 3 amide bonds. The maximum Gasteiger partial charge on any atom is 0.255 e. The van der Waals surface area contributed by atoms with Crippen molar-refractivity contribution in [1.82, 2.24) is 29.8 Å². The number of nitrogens with zero attached hydrogens (tertiary/aromatic N) is 5. The van der Waals surface area contributed by atoms with Crippen LogP contribution in [0.4, 0.5) is 0 Å². The normalized spacial score (nSPS) is 17.4. The van der Waals surface area contributed by atoms with Crippen LogP contribution in [0.3, 0.4) is 0 Å². The largest absolute Gasteiger partial charge is 0.322 e. The maximum absolute atomic E-state index is 13.1. The summed E-state index contributed by atoms with van der Waals surface area (Å²) in [6, 6.07) is 15.1. The molecule has 1 fully saturated rings. The van der Waals surface area contributed by atoms with Gasteiger partial charge in [0.2, 0.25) is 11.8 Å². The molecule has 2 aromatic carbocycles. The molecule has 0 spiro atoms. The van der Waals surface area contributed by atoms with E-state index in [0.717, 1.165) is 39.3 Å². The number of fused-ring (bicyclic) bond motifs is 1. The minimum Gasteiger partial charge on any atom is -0.322 e. The third kappa shape index (κ3) is 3.43. The van der Waals surface area contributed by atoms with Crippen LogP contribution in [0, 0.1) is 6.92 Å². The molecule has 9 nitrogen and oxygen atoms in total. The lowest BCUT2D eigenvalue weighted by molar-refractivity contribution is -0.136. The summed E-state index contributed by atoms with van der Waals surface area (Å²) in [5.74, 6) is -0.886. The summed E-state index contributed by atoms with van der Waals surface area (Å²) in [6.07, 6.45) is 4.25. The van der Waals surface area contributed by atoms with E-state index in [1.807, 2.05) is 84.3 Å². The summed E-state index contributed by atoms with van der Waals surface area (Å²) in [6.45, 7) is 2.36. The summed E-state index contributed by atoms with van der Waals surface area (Å²) in [4.78, 5) is 38.6. The van der Waals surface area contributed by atoms with Crippen LogP contribution < -0.4 is 5.32 Å². The van der Waals surface area contributed by atoms with Crippen molar-refractivity contribution in [3.8, 4) is 28.1 Å². The molecule has 1 N–H and O–H groups in total. The minimum atomic E-state index is -0.633. The Morgan fingerprint density at radius 3 is 2.50 bits per heavy atom. The molecule has 9 heteroatoms. The molecule has 4 aromatic rings. The molecule has 2 aromatic heterocycles. The van der Waals surface area contributed by atoms with E-state index in [-0.39, 0.29) is 18.2 Å². The van der Waals surface area contributed by atoms with E-state index in [1.54, 1.807) is 4.90 Å². The first-order valence-corrected chi connectivity index (χ1v) is 11.8. The Bertz CT molecular complexity index is 1530. The number of amides is 3. The van der Waals surface area contributed by atoms with Crippen LogP contribution >= 0.6 is 0 Å². The van der Waals surface area contributed by atoms with Crippen LogP contribution in [0.5, 0.6) is 0 Å². The van der Waals surface area contributed by atoms with Crippen molar-refractivity contribution >= 4 is 17.7 Å². The Balaban J connectivity index is 1.35. The summed E-state index contributed by atoms with van der Waals surface area (Å²) in [7, 11) is 1.90. The van der Waals surface area contributed by atoms with E-state index in [4.69, 9.17) is 0 Å². The van der Waals surface area contributed by atoms with Crippen molar-refractivity contribution in [2.45, 2.75) is 32.4 Å². The number of nitrogens with one attached hydrogen (secondary N) is 1. The summed E-state index contributed by atoms with van der Waals surface area (Å²) >= 11 is 0. The zero-order valence-electron chi connectivity index (χ0n) is 19.9. The second kappa shape index (κ2) is 8.30. The second-order valence-electron chi connectivity index (χ2n) is 9.19. The molecule has 36 heavy (non-hydrogen) atoms. The van der Waals surface area contributed by atoms with Gasteiger partial charge in [-0.15, -0.1) is 0 Å². The highest BCUT2D eigenvalue weighted by molar-refractivity contribution is 6.05. The molecule has 0 saturated carbocycles. The van der Waals surface area contributed by atoms with Gasteiger partial charge < -0.3 is 4.90 Å². The first kappa shape index (κ1) is 22.0. The van der Waals surface area contributed by atoms with Gasteiger partial charge in [0.05, 0.1) is 29.5 Å². The third-order valence-corrected chi connectivity index (χ3v) is 7.04. The number of para-hydroxylation sites is 1. The third-order valence-electron chi connectivity index (χ3n) is 7.04. The average Bonchev–Trinajstić information content (AvgIpc) is 3.54. The fourth-order valence-electron chi connectivity index (χ4n) is 5.18. The number of aromatic nitrogens is 4. The van der Waals surface area contributed by atoms with Crippen LogP contribution in [0.2, 0.25) is 0 Å². The Morgan fingerprint density at radius 2 is 1.72 bits per heavy atom. The van der Waals surface area contributed by atoms with E-state index >= 15 is 0 Å². The van der Waals surface area contributed by atoms with E-state index in [9.17, 15) is 14.4 Å². The predicted octanol–water partition coefficient (Wildman–Crippen LogP) is 3.01. The zero-order valence-corrected chi connectivity index (χ0v) is 19.9. The average molecular weight is 481 g/mol. The lowest BCUT2D eigenvalue weighted by atomic mass is 9.98. The standard InChI is InChI=1S/C27H24N6O3/c1-16-21(13-29-33(16)19-6-4-3-5-7-19)25-22(14-28-31(25)2)17-8-9-20-18(12-17)15-32(27(20)36)23-10-11-24(34)30-26(23)35/h3-9,12-14,23H,10-11,15H2,1-2H3,(H,30,34,35)/t23-/m0/s1. The van der Waals surface area contributed by atoms with Crippen molar-refractivity contribution in [2.24, 2.45) is 7.05 Å². The molecule has 6 rings (SSSR count). The number of rotatable bonds is 4. The summed E-state index contributed by atoms with van der Waals surface area (Å²) in [5, 5.41) is 11.5. The van der Waals surface area contributed by atoms with Gasteiger partial charge in [0.1, 0.15) is 6.04 Å². The molecule has 1 saturated heterocycles. The van der Waals surface area contributed by atoms with Gasteiger partial charge in [-0.2, -0.15) is 10.2 Å². The highest BCUT2D eigenvalue weighted by Crippen LogP contribution is 2.37. The van der Waals surface area contributed by atoms with Crippen molar-refractivity contribution < 1.29 is 14.4 Å². The van der Waals surface area contributed by atoms with Crippen molar-refractivity contribution in [3.05, 3.63) is 77.7 Å². The number of hydrogen-bond donors (Lipinski definition) is 1. The lowest BCUT2D eigenvalue weighted by Crippen LogP contribution is -2.52. The van der Waals surface area contributed by atoms with E-state index < -0.39 is 11.9 Å². The fourth-order valence-corrected chi connectivity index (χ4v) is 5.18. The molecule has 1 atom stereocenters. The predicted molar refractivity (Wildman–Crippen MR) is 132 cm³/mol. The van der Waals surface area contributed by atoms with Crippen molar-refractivity contribution in [2.75, 3.05) is 0 Å². The number of piperidine rings is 1. The van der Waals surface area contributed by atoms with E-state index in [2.05, 4.69) is 15.5 Å². The van der Waals surface area contributed by atoms with Crippen molar-refractivity contribution in [3.63, 3.8) is 0 Å². The van der Waals surface area contributed by atoms with Crippen LogP contribution in [0.1, 0.15) is 34.5 Å². The second-order valence-corrected chi connectivity index (χ2v) is 9.19. The molecule has 2 aliphatic heterocycles. The first-order chi connectivity index (χ1) is 17.4. The molecule has 0 bridgehead atoms. The SMILES string of the molecule is Cc1c(-c2c(-c3ccc4c(c3)CN([C@H]3CCC(=O)NC3=O)C4=O)cnn2C)cnn1-c1ccccc1. The number of carbonyl (C=O) groups excluding carboxylic acids is 3. The Hall–Kier alpha value is -4.53. The van der Waals surface area contributed by atoms with Gasteiger partial charge in [0.25, 0.3) is 5.91 Å². The number of carbonyl (C=O) groups is 3. The van der Waals surface area contributed by atoms with Gasteiger partial charge in [-0.25, -0.2) is 4.68 Å². The van der Waals surface area contributed by atoms with Gasteiger partial charge in [-0.1, -0.05) is 24.3 Å². The van der Waals surface area contributed by atoms with Gasteiger partial charge in [0.15, 0.2) is 0 Å². The fraction of sp³-hybridized carbons (Fsp3) is 0.222. The molecule has 4 heterocycles. The first-order valence-electron chi connectivity index (χ1n) is 11.8. The zero-order chi connectivity index (χ0) is 25.0. The van der Waals surface area contributed by atoms with Crippen LogP contribution in [0.15, 0.2) is 60.9 Å². The molecule has 0 radical (unpaired) electrons. The molecule has 0 aliphatic carbocycles. The van der Waals surface area contributed by atoms with Crippen molar-refractivity contribution in [1.29, 1.82) is 0 Å². The maximum atomic E-state index is 13.1. The monoisotopic (exact) mass is 480 g/mol. The summed E-state index contributed by atoms with van der Waals surface area (Å²) < 4.78 is 3.74. The van der Waals surface area contributed by atoms with Crippen LogP contribution in [-0.4, -0.2) is 48.2 Å². The highest BCUT2D eigenvalue weighted by atomic mass is 16.2. The summed E-state index contributed by atoms with van der Waals surface area (Å²) in [5.41, 5.74) is 7.18. The smallest absolute Gasteiger partial charge is 0.255 e. The topological polar surface area (TPSA) is 102 Å². The number of hydrogen-bond acceptors (Lipinski definition) is 5. The molecule has 180 valence electrons. The highest BCUT2D eigenvalue weighted by Gasteiger charge is 2.39. The lowest BCUT2D eigenvalue weighted by Gasteiger charge is -2.29. The number of imide groups is 1. The molecule has 2 aliphatic rings. The van der Waals surface area contributed by atoms with Gasteiger partial charge >= 0.3 is 0 Å². The Morgan fingerprint density at radius 1 is 0.944 bits per heavy atom. The van der Waals surface area contributed by atoms with E-state index in [1.165, 1.54) is 0 Å². The quantitative estimate of drug-likeness (QED) is 0.453. The molecule has 0 unspecified atom stereocenters. The van der Waals surface area contributed by atoms with E-state index in [0.29, 0.717) is 18.5 Å². The minimum absolute atomic E-state index is 0.183. The number of benzene rings is 2. The van der Waals surface area contributed by atoms with Gasteiger partial charge in [0, 0.05) is 36.7 Å². The Kier molecular flexibility index (Phi) is 5.06. The Labute approximate surface area is 207 Å². The van der Waals surface area contributed by atoms with Gasteiger partial charge in [-0.05, 0) is 48.7 Å². The number of aryl methyl sites for hydroxylation is 1. The molecular formula is C27H24N6O3.